The molecule has 2 aliphatic rings. The predicted molar refractivity (Wildman–Crippen MR) is 68.8 cm³/mol. The molecular weight excluding hydrogens is 248 g/mol. The Morgan fingerprint density at radius 3 is 2.37 bits per heavy atom. The lowest BCUT2D eigenvalue weighted by Crippen LogP contribution is -2.47. The highest BCUT2D eigenvalue weighted by atomic mass is 16.5. The first-order valence-corrected chi connectivity index (χ1v) is 6.98. The minimum atomic E-state index is -0.692. The second kappa shape index (κ2) is 6.86. The molecule has 1 heterocycles. The van der Waals surface area contributed by atoms with Crippen molar-refractivity contribution >= 4 is 11.9 Å². The number of hydrogen-bond acceptors (Lipinski definition) is 4. The van der Waals surface area contributed by atoms with Crippen molar-refractivity contribution in [3.63, 3.8) is 0 Å². The number of carboxylic acids is 1. The Balaban J connectivity index is 1.66. The Bertz CT molecular complexity index is 321. The molecule has 0 atom stereocenters. The minimum Gasteiger partial charge on any atom is -0.481 e. The average Bonchev–Trinajstić information content (AvgIpc) is 2.46. The van der Waals surface area contributed by atoms with Crippen molar-refractivity contribution < 1.29 is 19.4 Å². The van der Waals surface area contributed by atoms with Crippen molar-refractivity contribution in [2.45, 2.75) is 31.7 Å². The van der Waals surface area contributed by atoms with E-state index in [0.717, 1.165) is 12.8 Å². The fourth-order valence-electron chi connectivity index (χ4n) is 2.70. The van der Waals surface area contributed by atoms with Gasteiger partial charge >= 0.3 is 5.97 Å². The van der Waals surface area contributed by atoms with Gasteiger partial charge in [0, 0.05) is 19.1 Å². The summed E-state index contributed by atoms with van der Waals surface area (Å²) in [7, 11) is 0. The molecule has 6 nitrogen and oxygen atoms in total. The molecule has 0 aromatic heterocycles. The lowest BCUT2D eigenvalue weighted by Gasteiger charge is -2.30. The van der Waals surface area contributed by atoms with E-state index in [4.69, 9.17) is 9.84 Å². The van der Waals surface area contributed by atoms with Crippen molar-refractivity contribution in [3.05, 3.63) is 0 Å². The normalized spacial score (nSPS) is 28.1. The van der Waals surface area contributed by atoms with E-state index in [0.29, 0.717) is 45.7 Å². The van der Waals surface area contributed by atoms with E-state index in [1.807, 2.05) is 4.90 Å². The van der Waals surface area contributed by atoms with Crippen molar-refractivity contribution in [2.75, 3.05) is 32.8 Å². The third kappa shape index (κ3) is 4.18. The molecule has 1 amide bonds. The first kappa shape index (κ1) is 14.3. The third-order valence-electron chi connectivity index (χ3n) is 3.98. The number of amides is 1. The Morgan fingerprint density at radius 1 is 1.16 bits per heavy atom. The summed E-state index contributed by atoms with van der Waals surface area (Å²) in [4.78, 5) is 24.6. The smallest absolute Gasteiger partial charge is 0.306 e. The number of nitrogens with zero attached hydrogens (tertiary/aromatic N) is 1. The van der Waals surface area contributed by atoms with Gasteiger partial charge in [0.25, 0.3) is 0 Å². The summed E-state index contributed by atoms with van der Waals surface area (Å²) in [5.74, 6) is -0.778. The van der Waals surface area contributed by atoms with E-state index in [1.54, 1.807) is 0 Å². The molecular formula is C13H22N2O4. The van der Waals surface area contributed by atoms with Crippen LogP contribution in [0.15, 0.2) is 0 Å². The SMILES string of the molecule is O=C(O)C1CCC(NCC(=O)N2CCOCC2)CC1. The van der Waals surface area contributed by atoms with Crippen LogP contribution in [0.4, 0.5) is 0 Å². The number of rotatable bonds is 4. The molecule has 1 aliphatic carbocycles. The summed E-state index contributed by atoms with van der Waals surface area (Å²) in [6.07, 6.45) is 3.10. The molecule has 1 saturated heterocycles. The molecule has 0 aromatic rings. The zero-order valence-electron chi connectivity index (χ0n) is 11.1. The van der Waals surface area contributed by atoms with Gasteiger partial charge in [0.2, 0.25) is 5.91 Å². The average molecular weight is 270 g/mol. The monoisotopic (exact) mass is 270 g/mol. The van der Waals surface area contributed by atoms with Gasteiger partial charge in [-0.3, -0.25) is 9.59 Å². The maximum absolute atomic E-state index is 11.9. The van der Waals surface area contributed by atoms with Crippen LogP contribution in [-0.2, 0) is 14.3 Å². The zero-order chi connectivity index (χ0) is 13.7. The van der Waals surface area contributed by atoms with Crippen LogP contribution in [-0.4, -0.2) is 60.8 Å². The molecule has 19 heavy (non-hydrogen) atoms. The summed E-state index contributed by atoms with van der Waals surface area (Å²) in [5, 5.41) is 12.2. The van der Waals surface area contributed by atoms with Crippen LogP contribution in [0, 0.1) is 5.92 Å². The molecule has 1 saturated carbocycles. The maximum atomic E-state index is 11.9. The van der Waals surface area contributed by atoms with Crippen molar-refractivity contribution in [2.24, 2.45) is 5.92 Å². The molecule has 6 heteroatoms. The number of hydrogen-bond donors (Lipinski definition) is 2. The first-order chi connectivity index (χ1) is 9.16. The van der Waals surface area contributed by atoms with Gasteiger partial charge in [0.15, 0.2) is 0 Å². The number of morpholine rings is 1. The van der Waals surface area contributed by atoms with Crippen LogP contribution in [0.3, 0.4) is 0 Å². The van der Waals surface area contributed by atoms with Gasteiger partial charge < -0.3 is 20.1 Å². The highest BCUT2D eigenvalue weighted by Crippen LogP contribution is 2.24. The number of carboxylic acid groups (broad SMARTS) is 1. The Hall–Kier alpha value is -1.14. The fraction of sp³-hybridized carbons (Fsp3) is 0.846. The van der Waals surface area contributed by atoms with Gasteiger partial charge in [0.05, 0.1) is 25.7 Å². The number of nitrogens with one attached hydrogen (secondary N) is 1. The van der Waals surface area contributed by atoms with Crippen molar-refractivity contribution in [1.82, 2.24) is 10.2 Å². The Labute approximate surface area is 113 Å². The number of aliphatic carboxylic acids is 1. The van der Waals surface area contributed by atoms with Crippen LogP contribution in [0.2, 0.25) is 0 Å². The topological polar surface area (TPSA) is 78.9 Å². The minimum absolute atomic E-state index is 0.114. The van der Waals surface area contributed by atoms with Crippen LogP contribution in [0.25, 0.3) is 0 Å². The van der Waals surface area contributed by atoms with E-state index in [9.17, 15) is 9.59 Å². The molecule has 0 bridgehead atoms. The first-order valence-electron chi connectivity index (χ1n) is 6.98. The predicted octanol–water partition coefficient (Wildman–Crippen LogP) is 0.0782. The number of carbonyl (C=O) groups excluding carboxylic acids is 1. The van der Waals surface area contributed by atoms with Gasteiger partial charge in [-0.25, -0.2) is 0 Å². The molecule has 1 aliphatic heterocycles. The summed E-state index contributed by atoms with van der Waals surface area (Å²) in [6, 6.07) is 0.278. The lowest BCUT2D eigenvalue weighted by molar-refractivity contribution is -0.143. The van der Waals surface area contributed by atoms with Gasteiger partial charge in [-0.1, -0.05) is 0 Å². The van der Waals surface area contributed by atoms with Gasteiger partial charge in [-0.15, -0.1) is 0 Å². The number of ether oxygens (including phenoxy) is 1. The van der Waals surface area contributed by atoms with Crippen molar-refractivity contribution in [3.8, 4) is 0 Å². The highest BCUT2D eigenvalue weighted by Gasteiger charge is 2.26. The lowest BCUT2D eigenvalue weighted by atomic mass is 9.86. The molecule has 108 valence electrons. The largest absolute Gasteiger partial charge is 0.481 e. The molecule has 0 aromatic carbocycles. The second-order valence-corrected chi connectivity index (χ2v) is 5.26. The quantitative estimate of drug-likeness (QED) is 0.756. The van der Waals surface area contributed by atoms with Gasteiger partial charge in [0.1, 0.15) is 0 Å². The van der Waals surface area contributed by atoms with Crippen molar-refractivity contribution in [1.29, 1.82) is 0 Å². The van der Waals surface area contributed by atoms with Crippen LogP contribution >= 0.6 is 0 Å². The van der Waals surface area contributed by atoms with Gasteiger partial charge in [-0.05, 0) is 25.7 Å². The molecule has 2 fully saturated rings. The van der Waals surface area contributed by atoms with E-state index in [2.05, 4.69) is 5.32 Å². The van der Waals surface area contributed by atoms with Crippen LogP contribution in [0.1, 0.15) is 25.7 Å². The fourth-order valence-corrected chi connectivity index (χ4v) is 2.70. The zero-order valence-corrected chi connectivity index (χ0v) is 11.1. The summed E-state index contributed by atoms with van der Waals surface area (Å²) in [6.45, 7) is 2.94. The Morgan fingerprint density at radius 2 is 1.79 bits per heavy atom. The molecule has 0 radical (unpaired) electrons. The third-order valence-corrected chi connectivity index (χ3v) is 3.98. The van der Waals surface area contributed by atoms with Crippen LogP contribution < -0.4 is 5.32 Å². The van der Waals surface area contributed by atoms with E-state index in [-0.39, 0.29) is 17.9 Å². The van der Waals surface area contributed by atoms with Crippen LogP contribution in [0.5, 0.6) is 0 Å². The molecule has 0 spiro atoms. The van der Waals surface area contributed by atoms with E-state index in [1.165, 1.54) is 0 Å². The molecule has 0 unspecified atom stereocenters. The molecule has 2 N–H and O–H groups in total. The van der Waals surface area contributed by atoms with Gasteiger partial charge in [-0.2, -0.15) is 0 Å². The molecule has 2 rings (SSSR count). The summed E-state index contributed by atoms with van der Waals surface area (Å²) >= 11 is 0. The second-order valence-electron chi connectivity index (χ2n) is 5.26. The Kier molecular flexibility index (Phi) is 5.15. The maximum Gasteiger partial charge on any atom is 0.306 e. The van der Waals surface area contributed by atoms with E-state index >= 15 is 0 Å². The number of carbonyl (C=O) groups is 2. The highest BCUT2D eigenvalue weighted by molar-refractivity contribution is 5.78. The standard InChI is InChI=1S/C13H22N2O4/c16-12(15-5-7-19-8-6-15)9-14-11-3-1-10(2-4-11)13(17)18/h10-11,14H,1-9H2,(H,17,18). The summed E-state index contributed by atoms with van der Waals surface area (Å²) in [5.41, 5.74) is 0. The summed E-state index contributed by atoms with van der Waals surface area (Å²) < 4.78 is 5.21. The van der Waals surface area contributed by atoms with E-state index < -0.39 is 5.97 Å².